The van der Waals surface area contributed by atoms with E-state index < -0.39 is 0 Å². The summed E-state index contributed by atoms with van der Waals surface area (Å²) in [5.41, 5.74) is 43.2. The highest BCUT2D eigenvalue weighted by molar-refractivity contribution is 4.72. The molecule has 0 saturated carbocycles. The van der Waals surface area contributed by atoms with E-state index in [2.05, 4.69) is 101 Å². The molecule has 26 nitrogen and oxygen atoms in total. The smallest absolute Gasteiger partial charge is 0.0110 e. The van der Waals surface area contributed by atoms with Crippen LogP contribution in [0.4, 0.5) is 0 Å². The fourth-order valence-electron chi connectivity index (χ4n) is 10.4. The third-order valence-electron chi connectivity index (χ3n) is 17.0. The lowest BCUT2D eigenvalue weighted by Gasteiger charge is -2.34. The van der Waals surface area contributed by atoms with Crippen LogP contribution in [-0.4, -0.2) is 327 Å². The van der Waals surface area contributed by atoms with Crippen molar-refractivity contribution in [1.29, 1.82) is 0 Å². The second-order valence-corrected chi connectivity index (χ2v) is 27.3. The Kier molecular flexibility index (Phi) is 137. The summed E-state index contributed by atoms with van der Waals surface area (Å²) >= 11 is 0. The minimum atomic E-state index is 0.745. The lowest BCUT2D eigenvalue weighted by molar-refractivity contribution is 0.131. The first kappa shape index (κ1) is 116. The van der Waals surface area contributed by atoms with Crippen LogP contribution in [0.2, 0.25) is 0 Å². The van der Waals surface area contributed by atoms with Crippen molar-refractivity contribution in [2.45, 2.75) is 199 Å². The maximum atomic E-state index is 5.51. The Hall–Kier alpha value is -1.04. The average Bonchev–Trinajstić information content (AvgIpc) is 0.930. The number of hydrogen-bond donors (Lipinski definition) is 23. The normalized spacial score (nSPS) is 11.9. The summed E-state index contributed by atoms with van der Waals surface area (Å²) in [6, 6.07) is 0. The molecule has 31 N–H and O–H groups in total. The van der Waals surface area contributed by atoms with Crippen LogP contribution in [0.5, 0.6) is 0 Å². The number of nitrogens with zero attached hydrogens (tertiary/aromatic N) is 3. The molecule has 1 rings (SSSR count). The number of nitrogens with one attached hydrogen (secondary N) is 15. The minimum absolute atomic E-state index is 0.745. The fraction of sp³-hybridized carbons (Fsp3) is 1.00. The minimum Gasteiger partial charge on any atom is -0.330 e. The molecular formula is C78H196N26. The number of hydrogen-bond acceptors (Lipinski definition) is 26. The van der Waals surface area contributed by atoms with E-state index in [-0.39, 0.29) is 0 Å². The summed E-state index contributed by atoms with van der Waals surface area (Å²) in [6.07, 6.45) is 38.9. The molecule has 0 aromatic rings. The van der Waals surface area contributed by atoms with Crippen molar-refractivity contribution in [2.24, 2.45) is 45.9 Å². The standard InChI is InChI=1S/C13H32N4.C12H29N3.C11H26N4.C10H26N4.C9H22N2.2C8H21N3.C7H19N3/c1-15-9-4-2-5-10-16-11-6-3-7-12-17-13-8-14;1-14-10-8-12-15-11-7-5-3-2-4-6-9-13;1-13-5-3-7-15-10-8-14(9-11-15)6-2-4-12;1-12-6-3-8-14-10-4-9-13-7-2-5-11;1-11-9-7-5-3-2-4-6-8-10;1-10-6-4-8-11(2)7-3-5-9;1-10-6-4-8-11-7-3-2-5-9;1-9-5-3-7-10-6-2-4-8/h15-17H,2-14H2,1H3;14-15H,2-13H2,1H3;13H,2-12H2,1H3;12-14H,2-11H2,1H3;11H,2-10H2,1H3;10H,3-9H2,1-2H3;10-11H,2-9H2,1H3;9-10H,2-8H2,1H3. The van der Waals surface area contributed by atoms with Crippen LogP contribution in [0.3, 0.4) is 0 Å². The van der Waals surface area contributed by atoms with Crippen molar-refractivity contribution < 1.29 is 0 Å². The summed E-state index contributed by atoms with van der Waals surface area (Å²) < 4.78 is 0. The summed E-state index contributed by atoms with van der Waals surface area (Å²) in [4.78, 5) is 7.42. The van der Waals surface area contributed by atoms with Gasteiger partial charge >= 0.3 is 0 Å². The Bertz CT molecular complexity index is 1210. The molecule has 0 aromatic carbocycles. The van der Waals surface area contributed by atoms with Gasteiger partial charge in [0, 0.05) is 39.3 Å². The number of piperazine rings is 1. The molecular weight excluding hydrogens is 1300 g/mol. The molecule has 0 aliphatic carbocycles. The molecule has 0 atom stereocenters. The average molecular weight is 1500 g/mol. The van der Waals surface area contributed by atoms with Gasteiger partial charge in [-0.3, -0.25) is 0 Å². The van der Waals surface area contributed by atoms with E-state index >= 15 is 0 Å². The Morgan fingerprint density at radius 3 is 0.712 bits per heavy atom. The lowest BCUT2D eigenvalue weighted by atomic mass is 10.1. The van der Waals surface area contributed by atoms with E-state index in [4.69, 9.17) is 45.9 Å². The zero-order chi connectivity index (χ0) is 78.1. The predicted octanol–water partition coefficient (Wildman–Crippen LogP) is 2.09. The molecule has 1 heterocycles. The van der Waals surface area contributed by atoms with Crippen LogP contribution in [0.15, 0.2) is 0 Å². The molecule has 638 valence electrons. The van der Waals surface area contributed by atoms with Crippen molar-refractivity contribution in [3.63, 3.8) is 0 Å². The van der Waals surface area contributed by atoms with E-state index in [1.165, 1.54) is 232 Å². The molecule has 0 radical (unpaired) electrons. The van der Waals surface area contributed by atoms with Gasteiger partial charge in [-0.1, -0.05) is 64.2 Å². The SMILES string of the molecule is CNCCCCCCCCN.CNCCCCCNCCCCCNCCN.CNCCCN(C)CCCN.CNCCCN1CCN(CCCN)CC1.CNCCCNCCCCCCCCN.CNCCCNCCCCN.CNCCCNCCCN.CNCCCNCCCNCCCN. The van der Waals surface area contributed by atoms with Crippen LogP contribution >= 0.6 is 0 Å². The summed E-state index contributed by atoms with van der Waals surface area (Å²) in [5, 5.41) is 48.8. The summed E-state index contributed by atoms with van der Waals surface area (Å²) in [7, 11) is 18.1. The first-order valence-electron chi connectivity index (χ1n) is 43.0. The third kappa shape index (κ3) is 133. The van der Waals surface area contributed by atoms with Gasteiger partial charge in [-0.25, -0.2) is 0 Å². The Balaban J connectivity index is -0.000000208. The predicted molar refractivity (Wildman–Crippen MR) is 467 cm³/mol. The van der Waals surface area contributed by atoms with E-state index in [1.807, 2.05) is 56.4 Å². The van der Waals surface area contributed by atoms with E-state index in [0.29, 0.717) is 0 Å². The maximum absolute atomic E-state index is 5.51. The van der Waals surface area contributed by atoms with Gasteiger partial charge in [-0.05, 0) is 408 Å². The topological polar surface area (TPSA) is 398 Å². The molecule has 26 heteroatoms. The van der Waals surface area contributed by atoms with E-state index in [1.54, 1.807) is 0 Å². The lowest BCUT2D eigenvalue weighted by Crippen LogP contribution is -2.47. The van der Waals surface area contributed by atoms with Crippen molar-refractivity contribution in [2.75, 3.05) is 312 Å². The molecule has 1 saturated heterocycles. The van der Waals surface area contributed by atoms with Crippen LogP contribution in [-0.2, 0) is 0 Å². The van der Waals surface area contributed by atoms with Crippen LogP contribution in [0, 0.1) is 0 Å². The number of nitrogens with two attached hydrogens (primary N) is 8. The molecule has 1 aliphatic heterocycles. The van der Waals surface area contributed by atoms with E-state index in [0.717, 1.165) is 215 Å². The van der Waals surface area contributed by atoms with Crippen molar-refractivity contribution >= 4 is 0 Å². The number of rotatable bonds is 74. The molecule has 1 fully saturated rings. The Morgan fingerprint density at radius 1 is 0.192 bits per heavy atom. The van der Waals surface area contributed by atoms with Gasteiger partial charge in [0.1, 0.15) is 0 Å². The molecule has 0 amide bonds. The molecule has 104 heavy (non-hydrogen) atoms. The fourth-order valence-corrected chi connectivity index (χ4v) is 10.4. The quantitative estimate of drug-likeness (QED) is 0.0388. The zero-order valence-electron chi connectivity index (χ0n) is 71.3. The Morgan fingerprint density at radius 2 is 0.394 bits per heavy atom. The van der Waals surface area contributed by atoms with Gasteiger partial charge < -0.3 is 140 Å². The monoisotopic (exact) mass is 1500 g/mol. The molecule has 0 unspecified atom stereocenters. The molecule has 1 aliphatic rings. The van der Waals surface area contributed by atoms with Gasteiger partial charge in [-0.2, -0.15) is 0 Å². The highest BCUT2D eigenvalue weighted by Gasteiger charge is 2.15. The summed E-state index contributed by atoms with van der Waals surface area (Å²) in [5.74, 6) is 0. The van der Waals surface area contributed by atoms with Crippen molar-refractivity contribution in [3.05, 3.63) is 0 Å². The van der Waals surface area contributed by atoms with Gasteiger partial charge in [0.05, 0.1) is 0 Å². The van der Waals surface area contributed by atoms with Gasteiger partial charge in [-0.15, -0.1) is 0 Å². The Labute approximate surface area is 648 Å². The largest absolute Gasteiger partial charge is 0.330 e. The first-order valence-corrected chi connectivity index (χ1v) is 43.0. The number of unbranched alkanes of at least 4 members (excludes halogenated alkanes) is 15. The zero-order valence-corrected chi connectivity index (χ0v) is 71.3. The molecule has 0 bridgehead atoms. The highest BCUT2D eigenvalue weighted by atomic mass is 15.3. The van der Waals surface area contributed by atoms with Crippen molar-refractivity contribution in [3.8, 4) is 0 Å². The highest BCUT2D eigenvalue weighted by Crippen LogP contribution is 2.06. The molecule has 0 aromatic heterocycles. The second kappa shape index (κ2) is 123. The molecule has 0 spiro atoms. The summed E-state index contributed by atoms with van der Waals surface area (Å²) in [6.45, 7) is 40.5. The van der Waals surface area contributed by atoms with Crippen molar-refractivity contribution in [1.82, 2.24) is 94.5 Å². The van der Waals surface area contributed by atoms with Gasteiger partial charge in [0.25, 0.3) is 0 Å². The van der Waals surface area contributed by atoms with Crippen LogP contribution in [0.25, 0.3) is 0 Å². The van der Waals surface area contributed by atoms with E-state index in [9.17, 15) is 0 Å². The first-order chi connectivity index (χ1) is 51.2. The van der Waals surface area contributed by atoms with Crippen LogP contribution < -0.4 is 126 Å². The van der Waals surface area contributed by atoms with Gasteiger partial charge in [0.2, 0.25) is 0 Å². The van der Waals surface area contributed by atoms with Crippen LogP contribution in [0.1, 0.15) is 199 Å². The third-order valence-corrected chi connectivity index (χ3v) is 17.0. The second-order valence-electron chi connectivity index (χ2n) is 27.3. The van der Waals surface area contributed by atoms with Gasteiger partial charge in [0.15, 0.2) is 0 Å². The maximum Gasteiger partial charge on any atom is 0.0110 e.